The molecule has 1 aromatic heterocycles. The second-order valence-electron chi connectivity index (χ2n) is 7.68. The standard InChI is InChI=1S/C19H29N7O9/c1-8(27)15(19(34)35)26-18(33)12(5-14(29)30)25-17(32)11(2-3-13(21)28)24-16(31)10(20)4-9-6-22-7-23-9/h6-8,10-12,15,27H,2-5,20H2,1H3,(H2,21,28)(H,22,23)(H,24,31)(H,25,32)(H,26,33)(H,29,30)(H,34,35). The van der Waals surface area contributed by atoms with E-state index >= 15 is 0 Å². The van der Waals surface area contributed by atoms with Crippen molar-refractivity contribution >= 4 is 35.6 Å². The molecule has 11 N–H and O–H groups in total. The summed E-state index contributed by atoms with van der Waals surface area (Å²) in [4.78, 5) is 77.9. The lowest BCUT2D eigenvalue weighted by Gasteiger charge is -2.25. The Morgan fingerprint density at radius 1 is 1.03 bits per heavy atom. The van der Waals surface area contributed by atoms with Crippen molar-refractivity contribution in [1.29, 1.82) is 0 Å². The lowest BCUT2D eigenvalue weighted by molar-refractivity contribution is -0.146. The number of aromatic nitrogens is 2. The van der Waals surface area contributed by atoms with Crippen LogP contribution < -0.4 is 27.4 Å². The summed E-state index contributed by atoms with van der Waals surface area (Å²) in [7, 11) is 0. The molecular formula is C19H29N7O9. The summed E-state index contributed by atoms with van der Waals surface area (Å²) in [6.07, 6.45) is -0.254. The number of carbonyl (C=O) groups is 6. The number of aromatic amines is 1. The van der Waals surface area contributed by atoms with Crippen molar-refractivity contribution in [1.82, 2.24) is 25.9 Å². The first-order valence-corrected chi connectivity index (χ1v) is 10.4. The molecule has 16 nitrogen and oxygen atoms in total. The number of carbonyl (C=O) groups excluding carboxylic acids is 4. The topological polar surface area (TPSA) is 280 Å². The fraction of sp³-hybridized carbons (Fsp3) is 0.526. The molecule has 0 fully saturated rings. The summed E-state index contributed by atoms with van der Waals surface area (Å²) in [6, 6.07) is -6.10. The van der Waals surface area contributed by atoms with E-state index in [-0.39, 0.29) is 19.3 Å². The number of H-pyrrole nitrogens is 1. The number of rotatable bonds is 15. The van der Waals surface area contributed by atoms with Crippen LogP contribution in [0.3, 0.4) is 0 Å². The van der Waals surface area contributed by atoms with Crippen LogP contribution in [0.4, 0.5) is 0 Å². The molecular weight excluding hydrogens is 470 g/mol. The molecule has 0 saturated carbocycles. The number of aliphatic carboxylic acids is 2. The predicted octanol–water partition coefficient (Wildman–Crippen LogP) is -4.06. The van der Waals surface area contributed by atoms with Gasteiger partial charge in [0.05, 0.1) is 24.9 Å². The Bertz CT molecular complexity index is 920. The molecule has 5 unspecified atom stereocenters. The molecule has 1 rings (SSSR count). The highest BCUT2D eigenvalue weighted by molar-refractivity contribution is 5.95. The molecule has 0 bridgehead atoms. The van der Waals surface area contributed by atoms with Crippen molar-refractivity contribution in [3.8, 4) is 0 Å². The van der Waals surface area contributed by atoms with Gasteiger partial charge in [0.15, 0.2) is 6.04 Å². The van der Waals surface area contributed by atoms with Gasteiger partial charge in [-0.25, -0.2) is 9.78 Å². The molecule has 194 valence electrons. The quantitative estimate of drug-likeness (QED) is 0.112. The van der Waals surface area contributed by atoms with Crippen LogP contribution in [0.5, 0.6) is 0 Å². The van der Waals surface area contributed by atoms with Crippen molar-refractivity contribution < 1.29 is 44.1 Å². The maximum absolute atomic E-state index is 12.8. The van der Waals surface area contributed by atoms with Crippen LogP contribution in [0.2, 0.25) is 0 Å². The molecule has 0 aromatic carbocycles. The molecule has 0 radical (unpaired) electrons. The molecule has 0 aliphatic heterocycles. The number of primary amides is 1. The summed E-state index contributed by atoms with van der Waals surface area (Å²) in [5.74, 6) is -6.92. The highest BCUT2D eigenvalue weighted by Gasteiger charge is 2.33. The van der Waals surface area contributed by atoms with Gasteiger partial charge in [-0.15, -0.1) is 0 Å². The van der Waals surface area contributed by atoms with E-state index in [0.717, 1.165) is 6.92 Å². The van der Waals surface area contributed by atoms with Gasteiger partial charge in [-0.05, 0) is 13.3 Å². The highest BCUT2D eigenvalue weighted by atomic mass is 16.4. The van der Waals surface area contributed by atoms with Gasteiger partial charge in [-0.3, -0.25) is 24.0 Å². The SMILES string of the molecule is CC(O)C(NC(=O)C(CC(=O)O)NC(=O)C(CCC(N)=O)NC(=O)C(N)Cc1cnc[nH]1)C(=O)O. The average molecular weight is 499 g/mol. The number of nitrogens with one attached hydrogen (secondary N) is 4. The second kappa shape index (κ2) is 13.6. The molecule has 5 atom stereocenters. The van der Waals surface area contributed by atoms with Gasteiger partial charge >= 0.3 is 11.9 Å². The van der Waals surface area contributed by atoms with Crippen LogP contribution in [-0.4, -0.2) is 91.1 Å². The molecule has 35 heavy (non-hydrogen) atoms. The van der Waals surface area contributed by atoms with E-state index in [2.05, 4.69) is 20.6 Å². The van der Waals surface area contributed by atoms with Crippen molar-refractivity contribution in [3.05, 3.63) is 18.2 Å². The summed E-state index contributed by atoms with van der Waals surface area (Å²) >= 11 is 0. The summed E-state index contributed by atoms with van der Waals surface area (Å²) < 4.78 is 0. The Labute approximate surface area is 198 Å². The van der Waals surface area contributed by atoms with Gasteiger partial charge in [0, 0.05) is 24.7 Å². The van der Waals surface area contributed by atoms with Gasteiger partial charge in [-0.2, -0.15) is 0 Å². The number of aliphatic hydroxyl groups excluding tert-OH is 1. The van der Waals surface area contributed by atoms with Crippen LogP contribution in [0.15, 0.2) is 12.5 Å². The molecule has 1 heterocycles. The number of aliphatic hydroxyl groups is 1. The Morgan fingerprint density at radius 2 is 1.63 bits per heavy atom. The Balaban J connectivity index is 2.99. The van der Waals surface area contributed by atoms with E-state index in [1.54, 1.807) is 0 Å². The summed E-state index contributed by atoms with van der Waals surface area (Å²) in [5.41, 5.74) is 11.5. The van der Waals surface area contributed by atoms with Crippen molar-refractivity contribution in [3.63, 3.8) is 0 Å². The number of nitrogens with two attached hydrogens (primary N) is 2. The summed E-state index contributed by atoms with van der Waals surface area (Å²) in [6.45, 7) is 1.09. The van der Waals surface area contributed by atoms with Crippen molar-refractivity contribution in [2.75, 3.05) is 0 Å². The van der Waals surface area contributed by atoms with Gasteiger partial charge in [0.1, 0.15) is 12.1 Å². The molecule has 16 heteroatoms. The number of amides is 4. The third-order valence-corrected chi connectivity index (χ3v) is 4.70. The molecule has 0 aliphatic rings. The number of hydrogen-bond acceptors (Lipinski definition) is 9. The monoisotopic (exact) mass is 499 g/mol. The molecule has 0 saturated heterocycles. The fourth-order valence-electron chi connectivity index (χ4n) is 2.86. The van der Waals surface area contributed by atoms with Crippen LogP contribution in [0.25, 0.3) is 0 Å². The normalized spacial score (nSPS) is 15.1. The van der Waals surface area contributed by atoms with Gasteiger partial charge in [0.2, 0.25) is 23.6 Å². The summed E-state index contributed by atoms with van der Waals surface area (Å²) in [5, 5.41) is 34.1. The number of hydrogen-bond donors (Lipinski definition) is 9. The smallest absolute Gasteiger partial charge is 0.328 e. The van der Waals surface area contributed by atoms with Gasteiger partial charge < -0.3 is 47.7 Å². The first-order chi connectivity index (χ1) is 16.3. The average Bonchev–Trinajstić information content (AvgIpc) is 3.25. The minimum atomic E-state index is -1.78. The first kappa shape index (κ1) is 29.0. The van der Waals surface area contributed by atoms with Crippen LogP contribution in [0.1, 0.15) is 31.9 Å². The third-order valence-electron chi connectivity index (χ3n) is 4.70. The zero-order valence-corrected chi connectivity index (χ0v) is 18.8. The minimum absolute atomic E-state index is 0.0377. The Hall–Kier alpha value is -4.05. The van der Waals surface area contributed by atoms with Crippen LogP contribution >= 0.6 is 0 Å². The number of imidazole rings is 1. The van der Waals surface area contributed by atoms with Crippen LogP contribution in [-0.2, 0) is 35.2 Å². The first-order valence-electron chi connectivity index (χ1n) is 10.4. The lowest BCUT2D eigenvalue weighted by atomic mass is 10.1. The third kappa shape index (κ3) is 10.2. The maximum Gasteiger partial charge on any atom is 0.328 e. The van der Waals surface area contributed by atoms with Crippen LogP contribution in [0, 0.1) is 0 Å². The second-order valence-corrected chi connectivity index (χ2v) is 7.68. The zero-order valence-electron chi connectivity index (χ0n) is 18.8. The van der Waals surface area contributed by atoms with Crippen molar-refractivity contribution in [2.24, 2.45) is 11.5 Å². The Morgan fingerprint density at radius 3 is 2.11 bits per heavy atom. The van der Waals surface area contributed by atoms with Gasteiger partial charge in [-0.1, -0.05) is 0 Å². The number of carboxylic acids is 2. The predicted molar refractivity (Wildman–Crippen MR) is 116 cm³/mol. The lowest BCUT2D eigenvalue weighted by Crippen LogP contribution is -2.58. The highest BCUT2D eigenvalue weighted by Crippen LogP contribution is 2.04. The molecule has 4 amide bonds. The van der Waals surface area contributed by atoms with E-state index in [4.69, 9.17) is 21.7 Å². The number of nitrogens with zero attached hydrogens (tertiary/aromatic N) is 1. The van der Waals surface area contributed by atoms with E-state index in [1.807, 2.05) is 5.32 Å². The molecule has 0 spiro atoms. The van der Waals surface area contributed by atoms with E-state index in [9.17, 15) is 33.9 Å². The molecule has 0 aliphatic carbocycles. The van der Waals surface area contributed by atoms with E-state index in [1.165, 1.54) is 12.5 Å². The van der Waals surface area contributed by atoms with E-state index in [0.29, 0.717) is 5.69 Å². The fourth-order valence-corrected chi connectivity index (χ4v) is 2.86. The van der Waals surface area contributed by atoms with Gasteiger partial charge in [0.25, 0.3) is 0 Å². The minimum Gasteiger partial charge on any atom is -0.481 e. The zero-order chi connectivity index (χ0) is 26.7. The Kier molecular flexibility index (Phi) is 11.3. The number of carboxylic acid groups (broad SMARTS) is 2. The van der Waals surface area contributed by atoms with Crippen molar-refractivity contribution in [2.45, 2.75) is 62.9 Å². The largest absolute Gasteiger partial charge is 0.481 e. The maximum atomic E-state index is 12.8. The molecule has 1 aromatic rings. The van der Waals surface area contributed by atoms with E-state index < -0.39 is 72.3 Å².